The summed E-state index contributed by atoms with van der Waals surface area (Å²) < 4.78 is 5.07. The molecule has 156 valence electrons. The second kappa shape index (κ2) is 11.4. The van der Waals surface area contributed by atoms with Crippen LogP contribution in [0.2, 0.25) is 0 Å². The van der Waals surface area contributed by atoms with Gasteiger partial charge in [0, 0.05) is 6.42 Å². The summed E-state index contributed by atoms with van der Waals surface area (Å²) >= 11 is 0. The summed E-state index contributed by atoms with van der Waals surface area (Å²) in [5.74, 6) is -2.15. The molecule has 0 saturated heterocycles. The van der Waals surface area contributed by atoms with E-state index in [2.05, 4.69) is 31.4 Å². The molecule has 0 aliphatic rings. The number of carboxylic acids is 1. The maximum atomic E-state index is 12.7. The predicted octanol–water partition coefficient (Wildman–Crippen LogP) is 2.15. The third kappa shape index (κ3) is 9.50. The zero-order valence-electron chi connectivity index (χ0n) is 17.2. The van der Waals surface area contributed by atoms with Crippen LogP contribution in [-0.2, 0) is 25.5 Å². The first-order chi connectivity index (χ1) is 13.1. The summed E-state index contributed by atoms with van der Waals surface area (Å²) in [4.78, 5) is 36.2. The fraction of sp³-hybridized carbons (Fsp3) is 0.571. The molecule has 1 amide bonds. The molecule has 0 fully saturated rings. The van der Waals surface area contributed by atoms with Gasteiger partial charge in [-0.25, -0.2) is 4.79 Å². The van der Waals surface area contributed by atoms with Gasteiger partial charge < -0.3 is 20.5 Å². The van der Waals surface area contributed by atoms with Gasteiger partial charge in [-0.15, -0.1) is 0 Å². The first kappa shape index (κ1) is 23.6. The molecule has 1 rings (SSSR count). The van der Waals surface area contributed by atoms with Crippen molar-refractivity contribution in [2.75, 3.05) is 13.2 Å². The lowest BCUT2D eigenvalue weighted by atomic mass is 9.92. The molecule has 0 aromatic heterocycles. The molecular formula is C21H32N2O5. The summed E-state index contributed by atoms with van der Waals surface area (Å²) in [5, 5.41) is 14.8. The Morgan fingerprint density at radius 3 is 2.29 bits per heavy atom. The molecule has 2 atom stereocenters. The summed E-state index contributed by atoms with van der Waals surface area (Å²) in [6, 6.07) is 7.47. The Morgan fingerprint density at radius 1 is 1.11 bits per heavy atom. The molecule has 0 bridgehead atoms. The predicted molar refractivity (Wildman–Crippen MR) is 107 cm³/mol. The van der Waals surface area contributed by atoms with Gasteiger partial charge in [0.1, 0.15) is 6.04 Å². The highest BCUT2D eigenvalue weighted by Gasteiger charge is 2.28. The summed E-state index contributed by atoms with van der Waals surface area (Å²) in [5.41, 5.74) is 0.925. The molecule has 0 radical (unpaired) electrons. The van der Waals surface area contributed by atoms with E-state index in [1.54, 1.807) is 6.92 Å². The maximum Gasteiger partial charge on any atom is 0.328 e. The quantitative estimate of drug-likeness (QED) is 0.499. The van der Waals surface area contributed by atoms with Gasteiger partial charge in [-0.2, -0.15) is 0 Å². The van der Waals surface area contributed by atoms with E-state index in [0.29, 0.717) is 6.54 Å². The third-order valence-electron chi connectivity index (χ3n) is 4.13. The van der Waals surface area contributed by atoms with E-state index in [4.69, 9.17) is 9.84 Å². The van der Waals surface area contributed by atoms with Crippen LogP contribution >= 0.6 is 0 Å². The minimum absolute atomic E-state index is 0.0536. The van der Waals surface area contributed by atoms with E-state index in [1.807, 2.05) is 30.3 Å². The smallest absolute Gasteiger partial charge is 0.328 e. The molecule has 0 heterocycles. The fourth-order valence-corrected chi connectivity index (χ4v) is 2.61. The lowest BCUT2D eigenvalue weighted by Gasteiger charge is -2.24. The number of benzene rings is 1. The fourth-order valence-electron chi connectivity index (χ4n) is 2.61. The number of ether oxygens (including phenoxy) is 1. The first-order valence-electron chi connectivity index (χ1n) is 9.58. The minimum atomic E-state index is -1.08. The van der Waals surface area contributed by atoms with Crippen LogP contribution < -0.4 is 10.6 Å². The summed E-state index contributed by atoms with van der Waals surface area (Å²) in [7, 11) is 0. The van der Waals surface area contributed by atoms with Gasteiger partial charge in [-0.3, -0.25) is 9.59 Å². The van der Waals surface area contributed by atoms with Gasteiger partial charge in [0.15, 0.2) is 0 Å². The Morgan fingerprint density at radius 2 is 1.75 bits per heavy atom. The van der Waals surface area contributed by atoms with Crippen LogP contribution in [0.3, 0.4) is 0 Å². The number of amides is 1. The van der Waals surface area contributed by atoms with Gasteiger partial charge >= 0.3 is 11.9 Å². The topological polar surface area (TPSA) is 105 Å². The van der Waals surface area contributed by atoms with Crippen molar-refractivity contribution in [1.29, 1.82) is 0 Å². The van der Waals surface area contributed by atoms with E-state index < -0.39 is 29.9 Å². The molecule has 0 saturated carbocycles. The number of aliphatic carboxylic acids is 1. The first-order valence-corrected chi connectivity index (χ1v) is 9.58. The highest BCUT2D eigenvalue weighted by Crippen LogP contribution is 2.17. The molecule has 1 aromatic rings. The molecule has 7 nitrogen and oxygen atoms in total. The van der Waals surface area contributed by atoms with Crippen LogP contribution in [0.4, 0.5) is 0 Å². The van der Waals surface area contributed by atoms with Crippen LogP contribution in [0.15, 0.2) is 30.3 Å². The number of nitrogens with one attached hydrogen (secondary N) is 2. The van der Waals surface area contributed by atoms with Gasteiger partial charge in [0.25, 0.3) is 0 Å². The van der Waals surface area contributed by atoms with Crippen molar-refractivity contribution in [1.82, 2.24) is 10.6 Å². The van der Waals surface area contributed by atoms with Gasteiger partial charge in [0.05, 0.1) is 19.1 Å². The zero-order chi connectivity index (χ0) is 21.2. The molecule has 0 aliphatic carbocycles. The molecule has 0 aliphatic heterocycles. The largest absolute Gasteiger partial charge is 0.481 e. The van der Waals surface area contributed by atoms with Crippen molar-refractivity contribution in [2.45, 2.75) is 59.0 Å². The van der Waals surface area contributed by atoms with Gasteiger partial charge in [0.2, 0.25) is 5.91 Å². The maximum absolute atomic E-state index is 12.7. The minimum Gasteiger partial charge on any atom is -0.481 e. The highest BCUT2D eigenvalue weighted by molar-refractivity contribution is 5.90. The van der Waals surface area contributed by atoms with E-state index in [1.165, 1.54) is 0 Å². The molecular weight excluding hydrogens is 360 g/mol. The van der Waals surface area contributed by atoms with Crippen LogP contribution in [0.5, 0.6) is 0 Å². The lowest BCUT2D eigenvalue weighted by molar-refractivity contribution is -0.147. The molecule has 0 spiro atoms. The molecule has 0 unspecified atom stereocenters. The van der Waals surface area contributed by atoms with E-state index in [0.717, 1.165) is 12.0 Å². The van der Waals surface area contributed by atoms with Crippen LogP contribution in [-0.4, -0.2) is 48.2 Å². The number of carboxylic acid groups (broad SMARTS) is 1. The van der Waals surface area contributed by atoms with Gasteiger partial charge in [-0.05, 0) is 30.9 Å². The second-order valence-corrected chi connectivity index (χ2v) is 7.92. The number of rotatable bonds is 11. The molecule has 3 N–H and O–H groups in total. The SMILES string of the molecule is CCOC(=O)[C@H](Cc1ccccc1)NC(=O)[C@H](CC(=O)O)NCCC(C)(C)C. The normalized spacial score (nSPS) is 13.4. The Bertz CT molecular complexity index is 640. The van der Waals surface area contributed by atoms with Crippen molar-refractivity contribution in [3.05, 3.63) is 35.9 Å². The van der Waals surface area contributed by atoms with E-state index >= 15 is 0 Å². The zero-order valence-corrected chi connectivity index (χ0v) is 17.2. The average molecular weight is 392 g/mol. The Kier molecular flexibility index (Phi) is 9.65. The van der Waals surface area contributed by atoms with Crippen LogP contribution in [0.1, 0.15) is 46.1 Å². The second-order valence-electron chi connectivity index (χ2n) is 7.92. The number of carbonyl (C=O) groups excluding carboxylic acids is 2. The Labute approximate surface area is 166 Å². The molecule has 28 heavy (non-hydrogen) atoms. The third-order valence-corrected chi connectivity index (χ3v) is 4.13. The lowest BCUT2D eigenvalue weighted by Crippen LogP contribution is -2.52. The van der Waals surface area contributed by atoms with Gasteiger partial charge in [-0.1, -0.05) is 51.1 Å². The Hall–Kier alpha value is -2.41. The van der Waals surface area contributed by atoms with E-state index in [-0.39, 0.29) is 24.9 Å². The molecule has 7 heteroatoms. The van der Waals surface area contributed by atoms with Crippen molar-refractivity contribution < 1.29 is 24.2 Å². The van der Waals surface area contributed by atoms with E-state index in [9.17, 15) is 14.4 Å². The average Bonchev–Trinajstić information content (AvgIpc) is 2.60. The number of hydrogen-bond donors (Lipinski definition) is 3. The number of hydrogen-bond acceptors (Lipinski definition) is 5. The molecule has 1 aromatic carbocycles. The van der Waals surface area contributed by atoms with Crippen molar-refractivity contribution in [2.24, 2.45) is 5.41 Å². The number of carbonyl (C=O) groups is 3. The Balaban J connectivity index is 2.83. The van der Waals surface area contributed by atoms with Crippen LogP contribution in [0, 0.1) is 5.41 Å². The number of esters is 1. The summed E-state index contributed by atoms with van der Waals surface area (Å²) in [6.07, 6.45) is 0.686. The van der Waals surface area contributed by atoms with Crippen molar-refractivity contribution in [3.8, 4) is 0 Å². The highest BCUT2D eigenvalue weighted by atomic mass is 16.5. The summed E-state index contributed by atoms with van der Waals surface area (Å²) in [6.45, 7) is 8.59. The monoisotopic (exact) mass is 392 g/mol. The van der Waals surface area contributed by atoms with Crippen molar-refractivity contribution in [3.63, 3.8) is 0 Å². The van der Waals surface area contributed by atoms with Crippen LogP contribution in [0.25, 0.3) is 0 Å². The van der Waals surface area contributed by atoms with Crippen molar-refractivity contribution >= 4 is 17.8 Å². The standard InChI is InChI=1S/C21H32N2O5/c1-5-28-20(27)17(13-15-9-7-6-8-10-15)23-19(26)16(14-18(24)25)22-12-11-21(2,3)4/h6-10,16-17,22H,5,11-14H2,1-4H3,(H,23,26)(H,24,25)/t16-,17-/m0/s1.